The summed E-state index contributed by atoms with van der Waals surface area (Å²) in [7, 11) is 0. The van der Waals surface area contributed by atoms with Crippen molar-refractivity contribution in [3.8, 4) is 23.0 Å². The zero-order chi connectivity index (χ0) is 19.8. The maximum absolute atomic E-state index is 12.7. The zero-order valence-corrected chi connectivity index (χ0v) is 16.2. The number of fused-ring (bicyclic) bond motifs is 3. The van der Waals surface area contributed by atoms with Gasteiger partial charge in [-0.15, -0.1) is 0 Å². The summed E-state index contributed by atoms with van der Waals surface area (Å²) >= 11 is 0. The smallest absolute Gasteiger partial charge is 0.253 e. The molecule has 0 radical (unpaired) electrons. The number of nitrogens with zero attached hydrogens (tertiary/aromatic N) is 1. The van der Waals surface area contributed by atoms with Crippen LogP contribution >= 0.6 is 0 Å². The number of nitrogens with one attached hydrogen (secondary N) is 1. The highest BCUT2D eigenvalue weighted by atomic mass is 16.6. The van der Waals surface area contributed by atoms with Crippen molar-refractivity contribution in [3.05, 3.63) is 52.3 Å². The van der Waals surface area contributed by atoms with E-state index < -0.39 is 0 Å². The van der Waals surface area contributed by atoms with E-state index in [0.29, 0.717) is 50.0 Å². The first-order valence-corrected chi connectivity index (χ1v) is 9.81. The van der Waals surface area contributed by atoms with Gasteiger partial charge in [0, 0.05) is 41.9 Å². The van der Waals surface area contributed by atoms with E-state index in [1.54, 1.807) is 0 Å². The van der Waals surface area contributed by atoms with Gasteiger partial charge in [-0.05, 0) is 31.2 Å². The first-order valence-electron chi connectivity index (χ1n) is 9.81. The summed E-state index contributed by atoms with van der Waals surface area (Å²) in [4.78, 5) is 17.8. The van der Waals surface area contributed by atoms with Gasteiger partial charge in [0.1, 0.15) is 26.4 Å². The number of aromatic amines is 1. The Morgan fingerprint density at radius 3 is 2.24 bits per heavy atom. The second-order valence-electron chi connectivity index (χ2n) is 7.05. The van der Waals surface area contributed by atoms with Crippen molar-refractivity contribution in [2.75, 3.05) is 37.9 Å². The molecule has 0 aliphatic carbocycles. The SMILES string of the molecule is CCN(Cc1cc2cc3c(cc2[nH]c1=O)OCCO3)c1ccc2c(c1)OCCO2. The summed E-state index contributed by atoms with van der Waals surface area (Å²) in [6, 6.07) is 11.5. The van der Waals surface area contributed by atoms with E-state index in [9.17, 15) is 4.79 Å². The lowest BCUT2D eigenvalue weighted by molar-refractivity contribution is 0.171. The topological polar surface area (TPSA) is 73.0 Å². The maximum Gasteiger partial charge on any atom is 0.253 e. The summed E-state index contributed by atoms with van der Waals surface area (Å²) in [6.07, 6.45) is 0. The molecule has 0 fully saturated rings. The van der Waals surface area contributed by atoms with E-state index in [1.807, 2.05) is 36.4 Å². The number of anilines is 1. The van der Waals surface area contributed by atoms with Crippen molar-refractivity contribution < 1.29 is 18.9 Å². The molecule has 29 heavy (non-hydrogen) atoms. The van der Waals surface area contributed by atoms with E-state index in [0.717, 1.165) is 34.6 Å². The normalized spacial score (nSPS) is 14.7. The van der Waals surface area contributed by atoms with Crippen LogP contribution in [-0.4, -0.2) is 38.0 Å². The van der Waals surface area contributed by atoms with E-state index >= 15 is 0 Å². The van der Waals surface area contributed by atoms with E-state index in [2.05, 4.69) is 16.8 Å². The molecule has 7 nitrogen and oxygen atoms in total. The predicted molar refractivity (Wildman–Crippen MR) is 110 cm³/mol. The average molecular weight is 394 g/mol. The molecule has 0 saturated heterocycles. The third kappa shape index (κ3) is 3.33. The van der Waals surface area contributed by atoms with E-state index in [-0.39, 0.29) is 5.56 Å². The van der Waals surface area contributed by atoms with Crippen molar-refractivity contribution in [1.82, 2.24) is 4.98 Å². The van der Waals surface area contributed by atoms with Crippen LogP contribution in [0.3, 0.4) is 0 Å². The van der Waals surface area contributed by atoms with Crippen LogP contribution in [0.2, 0.25) is 0 Å². The zero-order valence-electron chi connectivity index (χ0n) is 16.2. The van der Waals surface area contributed by atoms with Crippen molar-refractivity contribution in [3.63, 3.8) is 0 Å². The van der Waals surface area contributed by atoms with E-state index in [1.165, 1.54) is 0 Å². The molecule has 2 aliphatic rings. The van der Waals surface area contributed by atoms with Crippen molar-refractivity contribution in [1.29, 1.82) is 0 Å². The van der Waals surface area contributed by atoms with Crippen LogP contribution in [0.5, 0.6) is 23.0 Å². The minimum Gasteiger partial charge on any atom is -0.486 e. The molecule has 7 heteroatoms. The number of H-pyrrole nitrogens is 1. The first-order chi connectivity index (χ1) is 14.2. The Bertz CT molecular complexity index is 1120. The molecule has 2 aromatic carbocycles. The fraction of sp³-hybridized carbons (Fsp3) is 0.318. The minimum atomic E-state index is -0.106. The summed E-state index contributed by atoms with van der Waals surface area (Å²) in [5.41, 5.74) is 2.31. The highest BCUT2D eigenvalue weighted by Crippen LogP contribution is 2.35. The molecule has 0 spiro atoms. The molecule has 5 rings (SSSR count). The number of benzene rings is 2. The van der Waals surface area contributed by atoms with Gasteiger partial charge in [0.25, 0.3) is 5.56 Å². The Morgan fingerprint density at radius 1 is 0.862 bits per heavy atom. The largest absolute Gasteiger partial charge is 0.486 e. The summed E-state index contributed by atoms with van der Waals surface area (Å²) < 4.78 is 22.6. The lowest BCUT2D eigenvalue weighted by Gasteiger charge is -2.26. The number of hydrogen-bond acceptors (Lipinski definition) is 6. The van der Waals surface area contributed by atoms with Crippen molar-refractivity contribution in [2.24, 2.45) is 0 Å². The molecule has 0 atom stereocenters. The number of pyridine rings is 1. The van der Waals surface area contributed by atoms with Gasteiger partial charge in [0.15, 0.2) is 23.0 Å². The third-order valence-electron chi connectivity index (χ3n) is 5.22. The van der Waals surface area contributed by atoms with Crippen LogP contribution in [0, 0.1) is 0 Å². The molecule has 0 bridgehead atoms. The Kier molecular flexibility index (Phi) is 4.42. The molecule has 0 saturated carbocycles. The molecule has 1 aromatic heterocycles. The van der Waals surface area contributed by atoms with Gasteiger partial charge < -0.3 is 28.8 Å². The van der Waals surface area contributed by atoms with Gasteiger partial charge in [0.05, 0.1) is 5.52 Å². The van der Waals surface area contributed by atoms with Gasteiger partial charge in [-0.2, -0.15) is 0 Å². The molecule has 0 unspecified atom stereocenters. The van der Waals surface area contributed by atoms with Crippen LogP contribution in [-0.2, 0) is 6.54 Å². The molecule has 150 valence electrons. The number of aromatic nitrogens is 1. The predicted octanol–water partition coefficient (Wildman–Crippen LogP) is 3.10. The van der Waals surface area contributed by atoms with Crippen molar-refractivity contribution in [2.45, 2.75) is 13.5 Å². The van der Waals surface area contributed by atoms with Gasteiger partial charge in [-0.1, -0.05) is 0 Å². The highest BCUT2D eigenvalue weighted by molar-refractivity contribution is 5.83. The fourth-order valence-corrected chi connectivity index (χ4v) is 3.73. The molecular weight excluding hydrogens is 372 g/mol. The van der Waals surface area contributed by atoms with Gasteiger partial charge in [-0.25, -0.2) is 0 Å². The lowest BCUT2D eigenvalue weighted by Crippen LogP contribution is -2.27. The molecule has 0 amide bonds. The Morgan fingerprint density at radius 2 is 1.52 bits per heavy atom. The van der Waals surface area contributed by atoms with Crippen molar-refractivity contribution >= 4 is 16.6 Å². The minimum absolute atomic E-state index is 0.106. The molecule has 1 N–H and O–H groups in total. The van der Waals surface area contributed by atoms with Crippen LogP contribution in [0.15, 0.2) is 41.2 Å². The lowest BCUT2D eigenvalue weighted by atomic mass is 10.1. The standard InChI is InChI=1S/C22H22N2O5/c1-2-24(16-3-4-18-20(11-16)28-6-5-26-18)13-15-9-14-10-19-21(29-8-7-27-19)12-17(14)23-22(15)25/h3-4,9-12H,2,5-8,13H2,1H3,(H,23,25). The summed E-state index contributed by atoms with van der Waals surface area (Å²) in [5, 5.41) is 0.919. The molecule has 2 aliphatic heterocycles. The Labute approximate surface area is 167 Å². The summed E-state index contributed by atoms with van der Waals surface area (Å²) in [5.74, 6) is 2.87. The quantitative estimate of drug-likeness (QED) is 0.733. The van der Waals surface area contributed by atoms with Gasteiger partial charge >= 0.3 is 0 Å². The Hall–Kier alpha value is -3.35. The monoisotopic (exact) mass is 394 g/mol. The Balaban J connectivity index is 1.48. The van der Waals surface area contributed by atoms with Crippen LogP contribution in [0.4, 0.5) is 5.69 Å². The summed E-state index contributed by atoms with van der Waals surface area (Å²) in [6.45, 7) is 5.45. The van der Waals surface area contributed by atoms with Crippen LogP contribution in [0.25, 0.3) is 10.9 Å². The van der Waals surface area contributed by atoms with Gasteiger partial charge in [0.2, 0.25) is 0 Å². The highest BCUT2D eigenvalue weighted by Gasteiger charge is 2.17. The second kappa shape index (κ2) is 7.24. The molecular formula is C22H22N2O5. The third-order valence-corrected chi connectivity index (χ3v) is 5.22. The number of ether oxygens (including phenoxy) is 4. The van der Waals surface area contributed by atoms with Crippen LogP contribution in [0.1, 0.15) is 12.5 Å². The fourth-order valence-electron chi connectivity index (χ4n) is 3.73. The number of hydrogen-bond donors (Lipinski definition) is 1. The molecule has 3 aromatic rings. The maximum atomic E-state index is 12.7. The van der Waals surface area contributed by atoms with Crippen LogP contribution < -0.4 is 29.4 Å². The van der Waals surface area contributed by atoms with E-state index in [4.69, 9.17) is 18.9 Å². The average Bonchev–Trinajstić information content (AvgIpc) is 2.76. The van der Waals surface area contributed by atoms with Gasteiger partial charge in [-0.3, -0.25) is 4.79 Å². The first kappa shape index (κ1) is 17.7. The molecule has 3 heterocycles. The number of rotatable bonds is 4. The second-order valence-corrected chi connectivity index (χ2v) is 7.05.